The molecular weight excluding hydrogens is 931 g/mol. The molecular formula is C57H74F2N8O6. The third-order valence-electron chi connectivity index (χ3n) is 12.7. The van der Waals surface area contributed by atoms with Crippen molar-refractivity contribution >= 4 is 35.0 Å². The molecule has 392 valence electrons. The van der Waals surface area contributed by atoms with Crippen LogP contribution in [-0.4, -0.2) is 93.6 Å². The van der Waals surface area contributed by atoms with E-state index in [4.69, 9.17) is 4.98 Å². The number of imidazole rings is 2. The van der Waals surface area contributed by atoms with Crippen molar-refractivity contribution in [2.75, 3.05) is 33.9 Å². The quantitative estimate of drug-likeness (QED) is 0.0747. The van der Waals surface area contributed by atoms with Crippen LogP contribution in [0.4, 0.5) is 18.4 Å². The summed E-state index contributed by atoms with van der Waals surface area (Å²) in [6.45, 7) is 22.1. The van der Waals surface area contributed by atoms with Crippen LogP contribution in [0.2, 0.25) is 0 Å². The number of hydrogen-bond donors (Lipinski definition) is 4. The summed E-state index contributed by atoms with van der Waals surface area (Å²) in [5.41, 5.74) is 4.60. The zero-order valence-corrected chi connectivity index (χ0v) is 43.8. The molecule has 2 saturated carbocycles. The first-order valence-corrected chi connectivity index (χ1v) is 24.9. The predicted octanol–water partition coefficient (Wildman–Crippen LogP) is 12.1. The number of nitrogens with one attached hydrogen (secondary N) is 4. The third kappa shape index (κ3) is 14.0. The summed E-state index contributed by atoms with van der Waals surface area (Å²) in [4.78, 5) is 69.4. The van der Waals surface area contributed by atoms with Gasteiger partial charge in [-0.2, -0.15) is 8.78 Å². The molecule has 2 unspecified atom stereocenters. The number of terminal acetylenes is 1. The summed E-state index contributed by atoms with van der Waals surface area (Å²) in [7, 11) is 2.49. The molecule has 3 aromatic carbocycles. The predicted molar refractivity (Wildman–Crippen MR) is 285 cm³/mol. The van der Waals surface area contributed by atoms with E-state index >= 15 is 8.78 Å². The van der Waals surface area contributed by atoms with Gasteiger partial charge in [0.2, 0.25) is 11.8 Å². The molecule has 3 heterocycles. The summed E-state index contributed by atoms with van der Waals surface area (Å²) in [5.74, 6) is -2.36. The number of aromatic amines is 2. The molecule has 4 amide bonds. The number of fused-ring (bicyclic) bond motifs is 6. The molecule has 16 heteroatoms. The number of likely N-dealkylation sites (tertiary alicyclic amines) is 1. The molecule has 14 nitrogen and oxygen atoms in total. The zero-order valence-electron chi connectivity index (χ0n) is 43.8. The fraction of sp³-hybridized carbons (Fsp3) is 0.439. The Balaban J connectivity index is 0.000000812. The van der Waals surface area contributed by atoms with Gasteiger partial charge in [0.25, 0.3) is 5.92 Å². The molecule has 0 radical (unpaired) electrons. The fourth-order valence-corrected chi connectivity index (χ4v) is 9.31. The number of nitrogens with zero attached hydrogens (tertiary/aromatic N) is 4. The minimum Gasteiger partial charge on any atom is -0.453 e. The van der Waals surface area contributed by atoms with Gasteiger partial charge >= 0.3 is 12.2 Å². The van der Waals surface area contributed by atoms with Crippen LogP contribution in [0.25, 0.3) is 44.5 Å². The topological polar surface area (TPSA) is 175 Å². The Bertz CT molecular complexity index is 2690. The van der Waals surface area contributed by atoms with Crippen LogP contribution in [-0.2, 0) is 31.5 Å². The number of ether oxygens (including phenoxy) is 2. The molecule has 1 aliphatic heterocycles. The second-order valence-electron chi connectivity index (χ2n) is 18.6. The van der Waals surface area contributed by atoms with Crippen LogP contribution >= 0.6 is 0 Å². The van der Waals surface area contributed by atoms with E-state index in [1.807, 2.05) is 36.1 Å². The average Bonchev–Trinajstić information content (AvgIpc) is 3.67. The standard InChI is InChI=1S/C44H46F2N8O6.2C3H8.C3H6.C2H4.C2H2/c1-43(13-14-43)23-53(37(55)20-48-41(57)59-2)22-36-47-19-35(50-36)26-8-11-30-29-10-7-24(16-31(29)44(45,46)32(30)17-26)25-9-12-33-34(18-25)52-40(51-33)39-27-5-4-6-28(15-27)54(39)38(56)21-49-42(58)60-3;3*1-3-2;2*1-2/h7-12,16-19,27-28,39H,4-6,13-15,20-23H2,1-3H3,(H,47,50)(H,48,57)(H,49,58)(H,51,52);2*3H2,1-2H3;3H,1H2,2H3;1-2H2;1-2H/t27?,28?,39-;;;;;/m0...../s1. The Labute approximate surface area is 429 Å². The Morgan fingerprint density at radius 1 is 0.863 bits per heavy atom. The van der Waals surface area contributed by atoms with Crippen molar-refractivity contribution in [3.8, 4) is 46.4 Å². The number of allylic oxidation sites excluding steroid dienone is 1. The highest BCUT2D eigenvalue weighted by atomic mass is 19.3. The van der Waals surface area contributed by atoms with Gasteiger partial charge in [-0.05, 0) is 96.9 Å². The van der Waals surface area contributed by atoms with Gasteiger partial charge in [-0.3, -0.25) is 9.59 Å². The smallest absolute Gasteiger partial charge is 0.407 e. The van der Waals surface area contributed by atoms with Crippen molar-refractivity contribution in [2.45, 2.75) is 117 Å². The van der Waals surface area contributed by atoms with Crippen molar-refractivity contribution < 1.29 is 37.4 Å². The highest BCUT2D eigenvalue weighted by molar-refractivity contribution is 5.88. The largest absolute Gasteiger partial charge is 0.453 e. The molecule has 5 aromatic rings. The van der Waals surface area contributed by atoms with Gasteiger partial charge in [-0.1, -0.05) is 90.3 Å². The number of benzene rings is 3. The number of alkyl halides is 2. The average molecular weight is 1010 g/mol. The van der Waals surface area contributed by atoms with Crippen LogP contribution in [0, 0.1) is 24.2 Å². The summed E-state index contributed by atoms with van der Waals surface area (Å²) in [6.07, 6.45) is 18.2. The number of carbonyl (C=O) groups excluding carboxylic acids is 4. The van der Waals surface area contributed by atoms with E-state index in [1.54, 1.807) is 41.4 Å². The van der Waals surface area contributed by atoms with E-state index in [0.717, 1.165) is 49.6 Å². The number of hydrogen-bond acceptors (Lipinski definition) is 8. The Hall–Kier alpha value is -7.28. The number of H-pyrrole nitrogens is 2. The minimum atomic E-state index is -3.28. The molecule has 4 aliphatic rings. The van der Waals surface area contributed by atoms with Gasteiger partial charge in [0.05, 0.1) is 49.7 Å². The van der Waals surface area contributed by atoms with Crippen molar-refractivity contribution in [1.29, 1.82) is 0 Å². The second kappa shape index (κ2) is 27.0. The number of rotatable bonds is 11. The molecule has 4 N–H and O–H groups in total. The first-order valence-electron chi connectivity index (χ1n) is 24.9. The first-order chi connectivity index (χ1) is 35.1. The van der Waals surface area contributed by atoms with Crippen LogP contribution < -0.4 is 10.6 Å². The van der Waals surface area contributed by atoms with Gasteiger partial charge in [-0.25, -0.2) is 19.6 Å². The molecule has 3 fully saturated rings. The summed E-state index contributed by atoms with van der Waals surface area (Å²) in [6, 6.07) is 15.6. The van der Waals surface area contributed by atoms with Gasteiger partial charge in [0.1, 0.15) is 24.7 Å². The van der Waals surface area contributed by atoms with E-state index in [2.05, 4.69) is 102 Å². The van der Waals surface area contributed by atoms with Crippen molar-refractivity contribution in [1.82, 2.24) is 40.4 Å². The maximum absolute atomic E-state index is 16.5. The maximum atomic E-state index is 16.5. The molecule has 2 bridgehead atoms. The summed E-state index contributed by atoms with van der Waals surface area (Å²) >= 11 is 0. The SMILES string of the molecule is C#C.C=C.C=CC.CCC.CCC.COC(=O)NCC(=O)N(Cc1ncc(-c2ccc3c(c2)C(F)(F)c2cc(-c4ccc5nc([C@@H]6C7CCCC(C7)N6C(=O)CNC(=O)OC)[nH]c5c4)ccc2-3)[nH]1)CC1(C)CC1. The molecule has 73 heavy (non-hydrogen) atoms. The number of aromatic nitrogens is 4. The minimum absolute atomic E-state index is 0.000844. The molecule has 1 saturated heterocycles. The molecule has 9 rings (SSSR count). The Morgan fingerprint density at radius 3 is 2.00 bits per heavy atom. The van der Waals surface area contributed by atoms with E-state index in [9.17, 15) is 19.2 Å². The number of alkyl carbamates (subject to hydrolysis) is 2. The summed E-state index contributed by atoms with van der Waals surface area (Å²) in [5, 5.41) is 4.95. The lowest BCUT2D eigenvalue weighted by Crippen LogP contribution is -2.43. The lowest BCUT2D eigenvalue weighted by molar-refractivity contribution is -0.133. The first kappa shape index (κ1) is 58.3. The number of methoxy groups -OCH3 is 2. The van der Waals surface area contributed by atoms with Crippen molar-refractivity contribution in [3.63, 3.8) is 0 Å². The lowest BCUT2D eigenvalue weighted by atomic mass is 9.87. The van der Waals surface area contributed by atoms with Gasteiger partial charge in [-0.15, -0.1) is 32.6 Å². The highest BCUT2D eigenvalue weighted by Gasteiger charge is 2.48. The fourth-order valence-electron chi connectivity index (χ4n) is 9.31. The third-order valence-corrected chi connectivity index (χ3v) is 12.7. The number of carbonyl (C=O) groups is 4. The number of amides is 4. The Kier molecular flexibility index (Phi) is 21.5. The van der Waals surface area contributed by atoms with Crippen LogP contribution in [0.5, 0.6) is 0 Å². The summed E-state index contributed by atoms with van der Waals surface area (Å²) < 4.78 is 42.2. The molecule has 3 atom stereocenters. The van der Waals surface area contributed by atoms with E-state index < -0.39 is 18.1 Å². The molecule has 3 aliphatic carbocycles. The van der Waals surface area contributed by atoms with Crippen LogP contribution in [0.15, 0.2) is 86.6 Å². The maximum Gasteiger partial charge on any atom is 0.407 e. The van der Waals surface area contributed by atoms with Crippen molar-refractivity contribution in [2.24, 2.45) is 11.3 Å². The number of halogens is 2. The van der Waals surface area contributed by atoms with Crippen LogP contribution in [0.3, 0.4) is 0 Å². The monoisotopic (exact) mass is 1000 g/mol. The van der Waals surface area contributed by atoms with Crippen molar-refractivity contribution in [3.05, 3.63) is 109 Å². The van der Waals surface area contributed by atoms with Gasteiger partial charge in [0.15, 0.2) is 0 Å². The Morgan fingerprint density at radius 2 is 1.41 bits per heavy atom. The van der Waals surface area contributed by atoms with Gasteiger partial charge < -0.3 is 39.9 Å². The molecule has 0 spiro atoms. The molecule has 2 aromatic heterocycles. The highest BCUT2D eigenvalue weighted by Crippen LogP contribution is 2.53. The zero-order chi connectivity index (χ0) is 54.0. The van der Waals surface area contributed by atoms with E-state index in [0.29, 0.717) is 51.7 Å². The van der Waals surface area contributed by atoms with E-state index in [-0.39, 0.29) is 66.0 Å². The van der Waals surface area contributed by atoms with Gasteiger partial charge in [0, 0.05) is 29.3 Å². The normalized spacial score (nSPS) is 17.4. The van der Waals surface area contributed by atoms with Crippen LogP contribution in [0.1, 0.15) is 122 Å². The van der Waals surface area contributed by atoms with E-state index in [1.165, 1.54) is 33.1 Å². The second-order valence-corrected chi connectivity index (χ2v) is 18.6. The lowest BCUT2D eigenvalue weighted by Gasteiger charge is -2.29.